The van der Waals surface area contributed by atoms with Crippen molar-refractivity contribution in [1.29, 1.82) is 0 Å². The maximum Gasteiger partial charge on any atom is 0.325 e. The van der Waals surface area contributed by atoms with Crippen molar-refractivity contribution in [3.8, 4) is 5.75 Å². The zero-order valence-corrected chi connectivity index (χ0v) is 25.3. The van der Waals surface area contributed by atoms with Crippen LogP contribution >= 0.6 is 11.3 Å². The van der Waals surface area contributed by atoms with Gasteiger partial charge in [-0.3, -0.25) is 19.0 Å². The Labute approximate surface area is 257 Å². The number of amides is 1. The van der Waals surface area contributed by atoms with Crippen molar-refractivity contribution in [3.63, 3.8) is 0 Å². The van der Waals surface area contributed by atoms with E-state index in [9.17, 15) is 14.4 Å². The summed E-state index contributed by atoms with van der Waals surface area (Å²) in [6.07, 6.45) is 3.67. The molecule has 5 aromatic rings. The van der Waals surface area contributed by atoms with Gasteiger partial charge in [-0.25, -0.2) is 4.99 Å². The lowest BCUT2D eigenvalue weighted by Crippen LogP contribution is -2.40. The molecular weight excluding hydrogens is 576 g/mol. The lowest BCUT2D eigenvalue weighted by atomic mass is 9.95. The van der Waals surface area contributed by atoms with Gasteiger partial charge in [0.15, 0.2) is 4.80 Å². The van der Waals surface area contributed by atoms with Crippen molar-refractivity contribution in [1.82, 2.24) is 9.13 Å². The second-order valence-electron chi connectivity index (χ2n) is 10.2. The number of para-hydroxylation sites is 2. The van der Waals surface area contributed by atoms with E-state index in [0.29, 0.717) is 38.6 Å². The van der Waals surface area contributed by atoms with Crippen LogP contribution in [0.2, 0.25) is 0 Å². The van der Waals surface area contributed by atoms with Gasteiger partial charge in [-0.1, -0.05) is 59.9 Å². The molecule has 222 valence electrons. The van der Waals surface area contributed by atoms with Crippen molar-refractivity contribution in [2.45, 2.75) is 26.4 Å². The molecule has 1 aliphatic heterocycles. The Morgan fingerprint density at radius 1 is 1.02 bits per heavy atom. The van der Waals surface area contributed by atoms with E-state index in [1.807, 2.05) is 95.7 Å². The van der Waals surface area contributed by atoms with Crippen LogP contribution in [-0.2, 0) is 20.9 Å². The Kier molecular flexibility index (Phi) is 7.99. The number of anilines is 1. The summed E-state index contributed by atoms with van der Waals surface area (Å²) < 4.78 is 14.4. The fourth-order valence-electron chi connectivity index (χ4n) is 5.44. The first-order valence-electron chi connectivity index (χ1n) is 14.1. The van der Waals surface area contributed by atoms with E-state index < -0.39 is 6.04 Å². The smallest absolute Gasteiger partial charge is 0.325 e. The number of carbonyl (C=O) groups is 2. The number of allylic oxidation sites excluding steroid dienone is 1. The Morgan fingerprint density at radius 2 is 1.75 bits per heavy atom. The number of carbonyl (C=O) groups excluding carboxylic acids is 2. The highest BCUT2D eigenvalue weighted by Crippen LogP contribution is 2.32. The van der Waals surface area contributed by atoms with E-state index in [2.05, 4.69) is 5.32 Å². The van der Waals surface area contributed by atoms with E-state index in [1.165, 1.54) is 11.3 Å². The molecule has 44 heavy (non-hydrogen) atoms. The fraction of sp³-hybridized carbons (Fsp3) is 0.176. The number of fused-ring (bicyclic) bond motifs is 2. The highest BCUT2D eigenvalue weighted by atomic mass is 32.1. The third kappa shape index (κ3) is 5.47. The van der Waals surface area contributed by atoms with Gasteiger partial charge in [-0.05, 0) is 55.8 Å². The van der Waals surface area contributed by atoms with E-state index in [-0.39, 0.29) is 24.0 Å². The number of nitrogens with zero attached hydrogens (tertiary/aromatic N) is 3. The maximum absolute atomic E-state index is 14.2. The van der Waals surface area contributed by atoms with Gasteiger partial charge in [0.2, 0.25) is 0 Å². The number of benzene rings is 3. The third-order valence-corrected chi connectivity index (χ3v) is 8.42. The maximum atomic E-state index is 14.2. The van der Waals surface area contributed by atoms with E-state index in [4.69, 9.17) is 14.5 Å². The Morgan fingerprint density at radius 3 is 2.48 bits per heavy atom. The van der Waals surface area contributed by atoms with Gasteiger partial charge in [0, 0.05) is 28.4 Å². The number of rotatable bonds is 8. The molecule has 1 N–H and O–H groups in total. The fourth-order valence-corrected chi connectivity index (χ4v) is 6.48. The SMILES string of the molecule is CCOC(=O)Cn1cc(/C=c2/sc3n(c2=O)[C@H](c2ccc(OC)cc2)C(C(=O)Nc2ccccc2)=C(C)N=3)c2ccccc21. The number of nitrogens with one attached hydrogen (secondary N) is 1. The molecule has 0 saturated heterocycles. The van der Waals surface area contributed by atoms with Crippen LogP contribution in [0.25, 0.3) is 17.0 Å². The molecule has 1 atom stereocenters. The van der Waals surface area contributed by atoms with Gasteiger partial charge in [0.25, 0.3) is 11.5 Å². The molecule has 0 saturated carbocycles. The standard InChI is InChI=1S/C34H30N4O5S/c1-4-43-29(39)20-37-19-23(26-12-8-9-13-27(26)37)18-28-33(41)38-31(22-14-16-25(42-3)17-15-22)30(21(2)35-34(38)44-28)32(40)36-24-10-6-5-7-11-24/h5-19,31H,4,20H2,1-3H3,(H,36,40)/b28-18+/t31-/m1/s1. The summed E-state index contributed by atoms with van der Waals surface area (Å²) in [6.45, 7) is 3.91. The van der Waals surface area contributed by atoms with Crippen LogP contribution in [0.4, 0.5) is 5.69 Å². The summed E-state index contributed by atoms with van der Waals surface area (Å²) in [5.41, 5.74) is 3.66. The molecule has 9 nitrogen and oxygen atoms in total. The van der Waals surface area contributed by atoms with Gasteiger partial charge in [0.1, 0.15) is 12.3 Å². The number of thiazole rings is 1. The molecule has 1 amide bonds. The van der Waals surface area contributed by atoms with E-state index in [0.717, 1.165) is 22.0 Å². The Balaban J connectivity index is 1.49. The summed E-state index contributed by atoms with van der Waals surface area (Å²) in [6, 6.07) is 23.5. The molecule has 2 aromatic heterocycles. The average Bonchev–Trinajstić information content (AvgIpc) is 3.53. The molecule has 3 heterocycles. The predicted octanol–water partition coefficient (Wildman–Crippen LogP) is 4.40. The number of esters is 1. The van der Waals surface area contributed by atoms with Crippen molar-refractivity contribution in [2.75, 3.05) is 19.0 Å². The Hall–Kier alpha value is -5.22. The summed E-state index contributed by atoms with van der Waals surface area (Å²) in [7, 11) is 1.59. The topological polar surface area (TPSA) is 104 Å². The molecule has 0 aliphatic carbocycles. The number of aromatic nitrogens is 2. The van der Waals surface area contributed by atoms with Crippen molar-refractivity contribution in [3.05, 3.63) is 127 Å². The third-order valence-electron chi connectivity index (χ3n) is 7.44. The minimum Gasteiger partial charge on any atom is -0.497 e. The van der Waals surface area contributed by atoms with E-state index in [1.54, 1.807) is 25.5 Å². The van der Waals surface area contributed by atoms with Gasteiger partial charge in [-0.2, -0.15) is 0 Å². The largest absolute Gasteiger partial charge is 0.497 e. The van der Waals surface area contributed by atoms with E-state index >= 15 is 0 Å². The highest BCUT2D eigenvalue weighted by Gasteiger charge is 2.32. The van der Waals surface area contributed by atoms with Crippen molar-refractivity contribution >= 4 is 45.9 Å². The van der Waals surface area contributed by atoms with Crippen LogP contribution < -0.4 is 24.9 Å². The summed E-state index contributed by atoms with van der Waals surface area (Å²) >= 11 is 1.26. The van der Waals surface area contributed by atoms with Gasteiger partial charge < -0.3 is 19.4 Å². The molecule has 0 spiro atoms. The monoisotopic (exact) mass is 606 g/mol. The number of methoxy groups -OCH3 is 1. The minimum absolute atomic E-state index is 0.0555. The van der Waals surface area contributed by atoms with Crippen LogP contribution in [0.5, 0.6) is 5.75 Å². The van der Waals surface area contributed by atoms with Crippen LogP contribution in [-0.4, -0.2) is 34.7 Å². The molecular formula is C34H30N4O5S. The minimum atomic E-state index is -0.715. The zero-order valence-electron chi connectivity index (χ0n) is 24.4. The summed E-state index contributed by atoms with van der Waals surface area (Å²) in [5, 5.41) is 3.86. The molecule has 0 radical (unpaired) electrons. The van der Waals surface area contributed by atoms with Crippen LogP contribution in [0.3, 0.4) is 0 Å². The van der Waals surface area contributed by atoms with Crippen LogP contribution in [0.1, 0.15) is 31.0 Å². The lowest BCUT2D eigenvalue weighted by Gasteiger charge is -2.25. The van der Waals surface area contributed by atoms with Gasteiger partial charge in [0.05, 0.1) is 35.6 Å². The summed E-state index contributed by atoms with van der Waals surface area (Å²) in [4.78, 5) is 45.5. The molecule has 0 bridgehead atoms. The highest BCUT2D eigenvalue weighted by molar-refractivity contribution is 7.07. The van der Waals surface area contributed by atoms with Crippen LogP contribution in [0, 0.1) is 0 Å². The first-order valence-corrected chi connectivity index (χ1v) is 15.0. The van der Waals surface area contributed by atoms with Crippen molar-refractivity contribution < 1.29 is 19.1 Å². The lowest BCUT2D eigenvalue weighted by molar-refractivity contribution is -0.143. The predicted molar refractivity (Wildman–Crippen MR) is 170 cm³/mol. The normalized spacial score (nSPS) is 14.7. The quantitative estimate of drug-likeness (QED) is 0.264. The average molecular weight is 607 g/mol. The molecule has 0 fully saturated rings. The second-order valence-corrected chi connectivity index (χ2v) is 11.2. The number of ether oxygens (including phenoxy) is 2. The molecule has 3 aromatic carbocycles. The Bertz CT molecular complexity index is 2090. The number of hydrogen-bond donors (Lipinski definition) is 1. The second kappa shape index (κ2) is 12.2. The first kappa shape index (κ1) is 28.9. The summed E-state index contributed by atoms with van der Waals surface area (Å²) in [5.74, 6) is -0.0126. The van der Waals surface area contributed by atoms with Gasteiger partial charge >= 0.3 is 5.97 Å². The molecule has 6 rings (SSSR count). The number of hydrogen-bond acceptors (Lipinski definition) is 7. The molecule has 1 aliphatic rings. The van der Waals surface area contributed by atoms with Crippen LogP contribution in [0.15, 0.2) is 106 Å². The van der Waals surface area contributed by atoms with Gasteiger partial charge in [-0.15, -0.1) is 0 Å². The van der Waals surface area contributed by atoms with Crippen molar-refractivity contribution in [2.24, 2.45) is 4.99 Å². The zero-order chi connectivity index (χ0) is 30.8. The first-order chi connectivity index (χ1) is 21.4. The molecule has 0 unspecified atom stereocenters. The molecule has 10 heteroatoms.